The molecule has 1 atom stereocenters. The Labute approximate surface area is 221 Å². The summed E-state index contributed by atoms with van der Waals surface area (Å²) in [6.45, 7) is 9.16. The zero-order valence-electron chi connectivity index (χ0n) is 22.0. The van der Waals surface area contributed by atoms with Crippen molar-refractivity contribution in [3.63, 3.8) is 0 Å². The Morgan fingerprint density at radius 1 is 0.947 bits per heavy atom. The Hall–Kier alpha value is -4.46. The number of Topliss-reactive ketones (excluding diaryl/α,β-unsaturated/α-hetero) is 1. The van der Waals surface area contributed by atoms with Crippen LogP contribution in [0.5, 0.6) is 5.75 Å². The predicted octanol–water partition coefficient (Wildman–Crippen LogP) is 5.37. The number of aliphatic hydroxyl groups excluding tert-OH is 1. The van der Waals surface area contributed by atoms with Gasteiger partial charge in [0.2, 0.25) is 0 Å². The molecule has 38 heavy (non-hydrogen) atoms. The Morgan fingerprint density at radius 2 is 1.66 bits per heavy atom. The van der Waals surface area contributed by atoms with E-state index < -0.39 is 23.7 Å². The second-order valence-electron chi connectivity index (χ2n) is 9.60. The number of rotatable bonds is 7. The standard InChI is InChI=1S/C30H30N2O6/c1-17(2)37-24-10-9-21(15-19(24)5)27(33)25-26(20-11-13-31-14-12-20)32(29(35)28(25)34)23-8-6-7-22(16-23)30(36)38-18(3)4/h6-18,26,33H,1-5H3/b27-25+. The van der Waals surface area contributed by atoms with Gasteiger partial charge in [0.25, 0.3) is 11.7 Å². The summed E-state index contributed by atoms with van der Waals surface area (Å²) in [5, 5.41) is 11.4. The SMILES string of the molecule is Cc1cc(/C(O)=C2\C(=O)C(=O)N(c3cccc(C(=O)OC(C)C)c3)C2c2ccncc2)ccc1OC(C)C. The van der Waals surface area contributed by atoms with Crippen LogP contribution in [0.15, 0.2) is 72.6 Å². The summed E-state index contributed by atoms with van der Waals surface area (Å²) < 4.78 is 11.1. The van der Waals surface area contributed by atoms with Gasteiger partial charge in [0.05, 0.1) is 29.4 Å². The van der Waals surface area contributed by atoms with E-state index in [9.17, 15) is 19.5 Å². The predicted molar refractivity (Wildman–Crippen MR) is 143 cm³/mol. The van der Waals surface area contributed by atoms with Crippen molar-refractivity contribution < 1.29 is 29.0 Å². The topological polar surface area (TPSA) is 106 Å². The van der Waals surface area contributed by atoms with E-state index in [1.54, 1.807) is 74.8 Å². The van der Waals surface area contributed by atoms with E-state index in [2.05, 4.69) is 4.98 Å². The van der Waals surface area contributed by atoms with Crippen LogP contribution in [-0.2, 0) is 14.3 Å². The number of carbonyl (C=O) groups excluding carboxylic acids is 3. The molecule has 1 aliphatic rings. The van der Waals surface area contributed by atoms with E-state index in [4.69, 9.17) is 9.47 Å². The molecular weight excluding hydrogens is 484 g/mol. The monoisotopic (exact) mass is 514 g/mol. The van der Waals surface area contributed by atoms with Crippen LogP contribution in [0.4, 0.5) is 5.69 Å². The van der Waals surface area contributed by atoms with Crippen LogP contribution in [0.25, 0.3) is 5.76 Å². The third-order valence-corrected chi connectivity index (χ3v) is 5.98. The zero-order chi connectivity index (χ0) is 27.6. The average molecular weight is 515 g/mol. The molecule has 0 bridgehead atoms. The average Bonchev–Trinajstić information content (AvgIpc) is 3.15. The summed E-state index contributed by atoms with van der Waals surface area (Å²) in [5.41, 5.74) is 2.23. The quantitative estimate of drug-likeness (QED) is 0.196. The molecule has 1 aromatic heterocycles. The van der Waals surface area contributed by atoms with Crippen molar-refractivity contribution in [1.82, 2.24) is 4.98 Å². The van der Waals surface area contributed by atoms with Gasteiger partial charge in [-0.15, -0.1) is 0 Å². The van der Waals surface area contributed by atoms with Crippen molar-refractivity contribution >= 4 is 29.1 Å². The van der Waals surface area contributed by atoms with Gasteiger partial charge in [-0.25, -0.2) is 4.79 Å². The van der Waals surface area contributed by atoms with E-state index in [0.717, 1.165) is 5.56 Å². The second kappa shape index (κ2) is 10.9. The molecule has 8 nitrogen and oxygen atoms in total. The number of aryl methyl sites for hydroxylation is 1. The van der Waals surface area contributed by atoms with Crippen molar-refractivity contribution in [3.05, 3.63) is 94.8 Å². The highest BCUT2D eigenvalue weighted by Gasteiger charge is 2.47. The van der Waals surface area contributed by atoms with E-state index >= 15 is 0 Å². The fraction of sp³-hybridized carbons (Fsp3) is 0.267. The number of anilines is 1. The van der Waals surface area contributed by atoms with Gasteiger partial charge in [-0.1, -0.05) is 6.07 Å². The summed E-state index contributed by atoms with van der Waals surface area (Å²) in [6.07, 6.45) is 2.75. The molecule has 0 aliphatic carbocycles. The van der Waals surface area contributed by atoms with Crippen LogP contribution in [0.1, 0.15) is 60.8 Å². The van der Waals surface area contributed by atoms with E-state index in [1.165, 1.54) is 11.0 Å². The number of nitrogens with zero attached hydrogens (tertiary/aromatic N) is 2. The molecule has 3 aromatic rings. The Balaban J connectivity index is 1.85. The molecule has 1 amide bonds. The molecule has 1 fully saturated rings. The summed E-state index contributed by atoms with van der Waals surface area (Å²) in [7, 11) is 0. The number of hydrogen-bond donors (Lipinski definition) is 1. The van der Waals surface area contributed by atoms with E-state index in [-0.39, 0.29) is 29.1 Å². The zero-order valence-corrected chi connectivity index (χ0v) is 22.0. The normalized spacial score (nSPS) is 16.8. The highest BCUT2D eigenvalue weighted by Crippen LogP contribution is 2.42. The minimum atomic E-state index is -0.943. The molecule has 1 aliphatic heterocycles. The maximum absolute atomic E-state index is 13.4. The number of aromatic nitrogens is 1. The number of benzene rings is 2. The Kier molecular flexibility index (Phi) is 7.62. The molecular formula is C30H30N2O6. The number of hydrogen-bond acceptors (Lipinski definition) is 7. The maximum atomic E-state index is 13.4. The van der Waals surface area contributed by atoms with Gasteiger partial charge in [0.1, 0.15) is 11.5 Å². The van der Waals surface area contributed by atoms with Crippen LogP contribution in [0, 0.1) is 6.92 Å². The summed E-state index contributed by atoms with van der Waals surface area (Å²) in [6, 6.07) is 13.8. The van der Waals surface area contributed by atoms with Crippen molar-refractivity contribution in [3.8, 4) is 5.75 Å². The first-order valence-electron chi connectivity index (χ1n) is 12.4. The van der Waals surface area contributed by atoms with E-state index in [1.807, 2.05) is 20.8 Å². The second-order valence-corrected chi connectivity index (χ2v) is 9.60. The molecule has 1 N–H and O–H groups in total. The first-order valence-corrected chi connectivity index (χ1v) is 12.4. The van der Waals surface area contributed by atoms with Gasteiger partial charge < -0.3 is 14.6 Å². The Morgan fingerprint density at radius 3 is 2.29 bits per heavy atom. The lowest BCUT2D eigenvalue weighted by Crippen LogP contribution is -2.29. The van der Waals surface area contributed by atoms with Gasteiger partial charge in [0, 0.05) is 23.6 Å². The van der Waals surface area contributed by atoms with Gasteiger partial charge in [-0.2, -0.15) is 0 Å². The van der Waals surface area contributed by atoms with Gasteiger partial charge in [-0.05, 0) is 94.3 Å². The summed E-state index contributed by atoms with van der Waals surface area (Å²) in [5.74, 6) is -1.84. The van der Waals surface area contributed by atoms with Crippen LogP contribution in [0.3, 0.4) is 0 Å². The lowest BCUT2D eigenvalue weighted by molar-refractivity contribution is -0.132. The van der Waals surface area contributed by atoms with Crippen molar-refractivity contribution in [1.29, 1.82) is 0 Å². The van der Waals surface area contributed by atoms with Crippen LogP contribution >= 0.6 is 0 Å². The molecule has 1 saturated heterocycles. The van der Waals surface area contributed by atoms with Crippen LogP contribution in [-0.4, -0.2) is 40.0 Å². The maximum Gasteiger partial charge on any atom is 0.338 e. The van der Waals surface area contributed by atoms with Crippen molar-refractivity contribution in [2.45, 2.75) is 52.9 Å². The number of ketones is 1. The highest BCUT2D eigenvalue weighted by molar-refractivity contribution is 6.51. The fourth-order valence-corrected chi connectivity index (χ4v) is 4.36. The lowest BCUT2D eigenvalue weighted by Gasteiger charge is -2.25. The fourth-order valence-electron chi connectivity index (χ4n) is 4.36. The third kappa shape index (κ3) is 5.29. The Bertz CT molecular complexity index is 1410. The first-order chi connectivity index (χ1) is 18.1. The minimum absolute atomic E-state index is 0.0289. The number of ether oxygens (including phenoxy) is 2. The molecule has 0 spiro atoms. The molecule has 196 valence electrons. The van der Waals surface area contributed by atoms with Crippen LogP contribution in [0.2, 0.25) is 0 Å². The molecule has 2 aromatic carbocycles. The summed E-state index contributed by atoms with van der Waals surface area (Å²) >= 11 is 0. The minimum Gasteiger partial charge on any atom is -0.507 e. The number of esters is 1. The molecule has 0 saturated carbocycles. The van der Waals surface area contributed by atoms with Gasteiger partial charge >= 0.3 is 5.97 Å². The smallest absolute Gasteiger partial charge is 0.338 e. The molecule has 4 rings (SSSR count). The van der Waals surface area contributed by atoms with Crippen LogP contribution < -0.4 is 9.64 Å². The number of aliphatic hydroxyl groups is 1. The largest absolute Gasteiger partial charge is 0.507 e. The number of amides is 1. The first kappa shape index (κ1) is 26.6. The van der Waals surface area contributed by atoms with E-state index in [0.29, 0.717) is 22.6 Å². The lowest BCUT2D eigenvalue weighted by atomic mass is 9.95. The van der Waals surface area contributed by atoms with Gasteiger partial charge in [-0.3, -0.25) is 19.5 Å². The molecule has 8 heteroatoms. The van der Waals surface area contributed by atoms with Crippen molar-refractivity contribution in [2.75, 3.05) is 4.90 Å². The molecule has 1 unspecified atom stereocenters. The molecule has 0 radical (unpaired) electrons. The third-order valence-electron chi connectivity index (χ3n) is 5.98. The van der Waals surface area contributed by atoms with Gasteiger partial charge in [0.15, 0.2) is 0 Å². The molecule has 2 heterocycles. The number of pyridine rings is 1. The highest BCUT2D eigenvalue weighted by atomic mass is 16.5. The summed E-state index contributed by atoms with van der Waals surface area (Å²) in [4.78, 5) is 44.7. The van der Waals surface area contributed by atoms with Crippen molar-refractivity contribution in [2.24, 2.45) is 0 Å². The number of carbonyl (C=O) groups is 3.